The molecule has 0 radical (unpaired) electrons. The zero-order chi connectivity index (χ0) is 13.2. The van der Waals surface area contributed by atoms with Crippen molar-refractivity contribution < 1.29 is 0 Å². The van der Waals surface area contributed by atoms with E-state index >= 15 is 0 Å². The van der Waals surface area contributed by atoms with Gasteiger partial charge in [0.1, 0.15) is 11.6 Å². The van der Waals surface area contributed by atoms with Crippen LogP contribution in [0.15, 0.2) is 12.1 Å². The molecule has 0 bridgehead atoms. The fraction of sp³-hybridized carbons (Fsp3) is 0.538. The van der Waals surface area contributed by atoms with E-state index in [2.05, 4.69) is 26.3 Å². The molecule has 0 spiro atoms. The zero-order valence-corrected chi connectivity index (χ0v) is 12.1. The lowest BCUT2D eigenvalue weighted by Gasteiger charge is -2.21. The van der Waals surface area contributed by atoms with E-state index in [1.165, 1.54) is 5.75 Å². The number of imidazole rings is 1. The maximum atomic E-state index is 4.61. The van der Waals surface area contributed by atoms with Crippen molar-refractivity contribution in [2.75, 3.05) is 37.0 Å². The molecule has 0 aliphatic carbocycles. The number of fused-ring (bicyclic) bond motifs is 1. The molecule has 0 aromatic carbocycles. The first-order chi connectivity index (χ1) is 9.22. The van der Waals surface area contributed by atoms with Crippen LogP contribution in [-0.4, -0.2) is 53.1 Å². The standard InChI is InChI=1S/C13H19N5S/c1-18(2)12-4-3-10-13(17-12)16-11(15-10)7-9-8-19-6-5-14-9/h3-4,9,14H,5-8H2,1-2H3,(H,15,16,17). The summed E-state index contributed by atoms with van der Waals surface area (Å²) in [5.74, 6) is 4.34. The van der Waals surface area contributed by atoms with Gasteiger partial charge in [0, 0.05) is 44.6 Å². The van der Waals surface area contributed by atoms with E-state index in [0.29, 0.717) is 6.04 Å². The molecular weight excluding hydrogens is 258 g/mol. The normalized spacial score (nSPS) is 19.8. The smallest absolute Gasteiger partial charge is 0.179 e. The fourth-order valence-corrected chi connectivity index (χ4v) is 3.21. The minimum atomic E-state index is 0.521. The van der Waals surface area contributed by atoms with Crippen LogP contribution in [0, 0.1) is 0 Å². The fourth-order valence-electron chi connectivity index (χ4n) is 2.26. The highest BCUT2D eigenvalue weighted by molar-refractivity contribution is 7.99. The molecule has 3 heterocycles. The molecule has 6 heteroatoms. The summed E-state index contributed by atoms with van der Waals surface area (Å²) in [7, 11) is 3.98. The van der Waals surface area contributed by atoms with Gasteiger partial charge in [0.25, 0.3) is 0 Å². The summed E-state index contributed by atoms with van der Waals surface area (Å²) in [6, 6.07) is 4.59. The molecule has 1 aliphatic heterocycles. The van der Waals surface area contributed by atoms with E-state index in [1.54, 1.807) is 0 Å². The Morgan fingerprint density at radius 1 is 1.37 bits per heavy atom. The monoisotopic (exact) mass is 277 g/mol. The molecule has 2 aromatic rings. The van der Waals surface area contributed by atoms with E-state index < -0.39 is 0 Å². The molecule has 2 N–H and O–H groups in total. The highest BCUT2D eigenvalue weighted by Gasteiger charge is 2.15. The predicted molar refractivity (Wildman–Crippen MR) is 81.0 cm³/mol. The van der Waals surface area contributed by atoms with Crippen LogP contribution < -0.4 is 10.2 Å². The second-order valence-corrected chi connectivity index (χ2v) is 6.20. The van der Waals surface area contributed by atoms with Crippen LogP contribution in [0.25, 0.3) is 11.2 Å². The molecule has 2 aromatic heterocycles. The van der Waals surface area contributed by atoms with Crippen molar-refractivity contribution >= 4 is 28.7 Å². The molecule has 0 amide bonds. The summed E-state index contributed by atoms with van der Waals surface area (Å²) in [4.78, 5) is 14.5. The van der Waals surface area contributed by atoms with Gasteiger partial charge in [0.2, 0.25) is 0 Å². The Hall–Kier alpha value is -1.27. The topological polar surface area (TPSA) is 56.8 Å². The minimum absolute atomic E-state index is 0.521. The van der Waals surface area contributed by atoms with Crippen LogP contribution >= 0.6 is 11.8 Å². The van der Waals surface area contributed by atoms with Gasteiger partial charge in [0.15, 0.2) is 5.65 Å². The van der Waals surface area contributed by atoms with Crippen molar-refractivity contribution in [1.29, 1.82) is 0 Å². The molecule has 1 unspecified atom stereocenters. The van der Waals surface area contributed by atoms with Gasteiger partial charge in [-0.25, -0.2) is 9.97 Å². The maximum absolute atomic E-state index is 4.61. The highest BCUT2D eigenvalue weighted by atomic mass is 32.2. The lowest BCUT2D eigenvalue weighted by Crippen LogP contribution is -2.39. The van der Waals surface area contributed by atoms with Crippen LogP contribution in [0.2, 0.25) is 0 Å². The summed E-state index contributed by atoms with van der Waals surface area (Å²) in [6.07, 6.45) is 0.945. The van der Waals surface area contributed by atoms with E-state index in [0.717, 1.165) is 41.5 Å². The third-order valence-corrected chi connectivity index (χ3v) is 4.41. The Balaban J connectivity index is 1.80. The van der Waals surface area contributed by atoms with Crippen LogP contribution in [-0.2, 0) is 6.42 Å². The first kappa shape index (κ1) is 12.7. The first-order valence-electron chi connectivity index (χ1n) is 6.56. The summed E-state index contributed by atoms with van der Waals surface area (Å²) in [6.45, 7) is 1.10. The second-order valence-electron chi connectivity index (χ2n) is 5.05. The number of aromatic nitrogens is 3. The van der Waals surface area contributed by atoms with Crippen molar-refractivity contribution in [1.82, 2.24) is 20.3 Å². The third-order valence-electron chi connectivity index (χ3n) is 3.28. The summed E-state index contributed by atoms with van der Waals surface area (Å²) in [5.41, 5.74) is 1.83. The molecule has 5 nitrogen and oxygen atoms in total. The van der Waals surface area contributed by atoms with Crippen LogP contribution in [0.3, 0.4) is 0 Å². The van der Waals surface area contributed by atoms with Gasteiger partial charge >= 0.3 is 0 Å². The second kappa shape index (κ2) is 5.38. The van der Waals surface area contributed by atoms with Gasteiger partial charge in [-0.15, -0.1) is 0 Å². The number of hydrogen-bond donors (Lipinski definition) is 2. The van der Waals surface area contributed by atoms with Crippen LogP contribution in [0.5, 0.6) is 0 Å². The van der Waals surface area contributed by atoms with Gasteiger partial charge < -0.3 is 15.2 Å². The number of H-pyrrole nitrogens is 1. The molecular formula is C13H19N5S. The Morgan fingerprint density at radius 3 is 3.00 bits per heavy atom. The SMILES string of the molecule is CN(C)c1ccc2[nH]c(CC3CSCCN3)nc2n1. The quantitative estimate of drug-likeness (QED) is 0.885. The van der Waals surface area contributed by atoms with Crippen molar-refractivity contribution in [2.45, 2.75) is 12.5 Å². The Kier molecular flexibility index (Phi) is 3.61. The molecule has 1 atom stereocenters. The number of nitrogens with one attached hydrogen (secondary N) is 2. The average Bonchev–Trinajstić information content (AvgIpc) is 2.80. The van der Waals surface area contributed by atoms with E-state index in [1.807, 2.05) is 36.8 Å². The molecule has 1 fully saturated rings. The molecule has 0 saturated carbocycles. The number of pyridine rings is 1. The lowest BCUT2D eigenvalue weighted by atomic mass is 10.2. The van der Waals surface area contributed by atoms with E-state index in [9.17, 15) is 0 Å². The number of aromatic amines is 1. The first-order valence-corrected chi connectivity index (χ1v) is 7.72. The number of rotatable bonds is 3. The van der Waals surface area contributed by atoms with Crippen molar-refractivity contribution in [3.05, 3.63) is 18.0 Å². The minimum Gasteiger partial charge on any atom is -0.363 e. The van der Waals surface area contributed by atoms with Crippen LogP contribution in [0.1, 0.15) is 5.82 Å². The summed E-state index contributed by atoms with van der Waals surface area (Å²) in [5, 5.41) is 3.53. The van der Waals surface area contributed by atoms with Gasteiger partial charge in [-0.05, 0) is 12.1 Å². The third kappa shape index (κ3) is 2.84. The number of hydrogen-bond acceptors (Lipinski definition) is 5. The van der Waals surface area contributed by atoms with Gasteiger partial charge in [0.05, 0.1) is 5.52 Å². The van der Waals surface area contributed by atoms with Gasteiger partial charge in [-0.2, -0.15) is 11.8 Å². The van der Waals surface area contributed by atoms with E-state index in [-0.39, 0.29) is 0 Å². The zero-order valence-electron chi connectivity index (χ0n) is 11.3. The number of thioether (sulfide) groups is 1. The largest absolute Gasteiger partial charge is 0.363 e. The molecule has 102 valence electrons. The summed E-state index contributed by atoms with van der Waals surface area (Å²) < 4.78 is 0. The number of anilines is 1. The van der Waals surface area contributed by atoms with E-state index in [4.69, 9.17) is 0 Å². The molecule has 19 heavy (non-hydrogen) atoms. The molecule has 3 rings (SSSR count). The van der Waals surface area contributed by atoms with Crippen molar-refractivity contribution in [2.24, 2.45) is 0 Å². The van der Waals surface area contributed by atoms with Gasteiger partial charge in [-0.1, -0.05) is 0 Å². The van der Waals surface area contributed by atoms with Crippen molar-refractivity contribution in [3.63, 3.8) is 0 Å². The Bertz CT molecular complexity index is 559. The van der Waals surface area contributed by atoms with Crippen molar-refractivity contribution in [3.8, 4) is 0 Å². The number of nitrogens with zero attached hydrogens (tertiary/aromatic N) is 3. The average molecular weight is 277 g/mol. The van der Waals surface area contributed by atoms with Crippen LogP contribution in [0.4, 0.5) is 5.82 Å². The maximum Gasteiger partial charge on any atom is 0.179 e. The summed E-state index contributed by atoms with van der Waals surface area (Å²) >= 11 is 2.01. The highest BCUT2D eigenvalue weighted by Crippen LogP contribution is 2.16. The Morgan fingerprint density at radius 2 is 2.26 bits per heavy atom. The Labute approximate surface area is 117 Å². The predicted octanol–water partition coefficient (Wildman–Crippen LogP) is 1.27. The lowest BCUT2D eigenvalue weighted by molar-refractivity contribution is 0.553. The molecule has 1 saturated heterocycles. The molecule has 1 aliphatic rings. The van der Waals surface area contributed by atoms with Gasteiger partial charge in [-0.3, -0.25) is 0 Å².